The number of fused-ring (bicyclic) bond motifs is 9. The van der Waals surface area contributed by atoms with Crippen molar-refractivity contribution in [3.63, 3.8) is 0 Å². The third-order valence-electron chi connectivity index (χ3n) is 12.6. The van der Waals surface area contributed by atoms with Gasteiger partial charge in [0, 0.05) is 65.9 Å². The van der Waals surface area contributed by atoms with Crippen molar-refractivity contribution in [3.8, 4) is 22.5 Å². The van der Waals surface area contributed by atoms with E-state index in [2.05, 4.69) is 234 Å². The number of nitrogens with zero attached hydrogens (tertiary/aromatic N) is 3. The van der Waals surface area contributed by atoms with Crippen molar-refractivity contribution in [1.82, 2.24) is 9.13 Å². The summed E-state index contributed by atoms with van der Waals surface area (Å²) in [5.41, 5.74) is 13.0. The number of para-hydroxylation sites is 4. The van der Waals surface area contributed by atoms with Crippen molar-refractivity contribution in [2.45, 2.75) is 6.92 Å². The number of rotatable bonds is 7. The monoisotopic (exact) mass is 807 g/mol. The summed E-state index contributed by atoms with van der Waals surface area (Å²) < 4.78 is 11.1. The van der Waals surface area contributed by atoms with Gasteiger partial charge in [0.05, 0.1) is 16.6 Å². The van der Waals surface area contributed by atoms with E-state index in [-0.39, 0.29) is 0 Å². The Labute approximate surface area is 364 Å². The average molecular weight is 808 g/mol. The van der Waals surface area contributed by atoms with E-state index < -0.39 is 0 Å². The molecule has 12 aromatic rings. The standard InChI is InChI=1S/C59H41N3O/c1-3-17-47-48-31-30-46(37-56(48)61(53(47)4-2)43-21-10-6-11-22-43)60(42-19-8-5-9-20-42)45-25-16-18-39(34-45)40-28-32-54-51(35-40)52-38-50-41(36-55(52)62(54)44-23-12-7-13-24-44)29-33-58-59(50)49-26-14-15-27-57(49)63-58/h3-38H,1H2,2H3/b47-17-,53-4+. The maximum Gasteiger partial charge on any atom is 0.136 e. The topological polar surface area (TPSA) is 26.2 Å². The lowest BCUT2D eigenvalue weighted by Gasteiger charge is -2.26. The van der Waals surface area contributed by atoms with Gasteiger partial charge in [-0.1, -0.05) is 128 Å². The molecule has 0 fully saturated rings. The summed E-state index contributed by atoms with van der Waals surface area (Å²) in [5, 5.41) is 10.5. The van der Waals surface area contributed by atoms with Crippen molar-refractivity contribution in [3.05, 3.63) is 223 Å². The van der Waals surface area contributed by atoms with E-state index in [0.717, 1.165) is 83.1 Å². The van der Waals surface area contributed by atoms with E-state index >= 15 is 0 Å². The van der Waals surface area contributed by atoms with Crippen molar-refractivity contribution in [2.75, 3.05) is 4.90 Å². The number of benzene rings is 9. The Morgan fingerprint density at radius 1 is 0.460 bits per heavy atom. The second kappa shape index (κ2) is 14.7. The molecule has 4 nitrogen and oxygen atoms in total. The van der Waals surface area contributed by atoms with Gasteiger partial charge in [-0.3, -0.25) is 0 Å². The maximum absolute atomic E-state index is 6.36. The quantitative estimate of drug-likeness (QED) is 0.160. The molecule has 63 heavy (non-hydrogen) atoms. The molecule has 0 amide bonds. The fourth-order valence-electron chi connectivity index (χ4n) is 9.84. The summed E-state index contributed by atoms with van der Waals surface area (Å²) in [4.78, 5) is 2.37. The molecule has 0 atom stereocenters. The van der Waals surface area contributed by atoms with Gasteiger partial charge in [-0.05, 0) is 126 Å². The van der Waals surface area contributed by atoms with Gasteiger partial charge in [-0.15, -0.1) is 0 Å². The highest BCUT2D eigenvalue weighted by molar-refractivity contribution is 6.23. The minimum atomic E-state index is 0.905. The van der Waals surface area contributed by atoms with Crippen molar-refractivity contribution in [1.29, 1.82) is 0 Å². The summed E-state index contributed by atoms with van der Waals surface area (Å²) in [5.74, 6) is 0. The Morgan fingerprint density at radius 2 is 1.13 bits per heavy atom. The highest BCUT2D eigenvalue weighted by Gasteiger charge is 2.20. The molecule has 0 aliphatic carbocycles. The molecule has 0 aliphatic rings. The molecule has 0 saturated heterocycles. The van der Waals surface area contributed by atoms with E-state index in [1.165, 1.54) is 32.4 Å². The number of anilines is 3. The molecule has 9 aromatic carbocycles. The van der Waals surface area contributed by atoms with E-state index in [1.807, 2.05) is 12.1 Å². The van der Waals surface area contributed by atoms with Crippen LogP contribution < -0.4 is 15.5 Å². The van der Waals surface area contributed by atoms with E-state index in [1.54, 1.807) is 0 Å². The molecular formula is C59H41N3O. The number of hydrogen-bond acceptors (Lipinski definition) is 2. The Kier molecular flexibility index (Phi) is 8.51. The van der Waals surface area contributed by atoms with Gasteiger partial charge >= 0.3 is 0 Å². The van der Waals surface area contributed by atoms with Gasteiger partial charge in [0.25, 0.3) is 0 Å². The van der Waals surface area contributed by atoms with Crippen LogP contribution in [0, 0.1) is 0 Å². The number of furan rings is 1. The largest absolute Gasteiger partial charge is 0.456 e. The fraction of sp³-hybridized carbons (Fsp3) is 0.0169. The van der Waals surface area contributed by atoms with Crippen LogP contribution in [0.3, 0.4) is 0 Å². The van der Waals surface area contributed by atoms with Gasteiger partial charge in [0.1, 0.15) is 11.2 Å². The second-order valence-corrected chi connectivity index (χ2v) is 16.1. The van der Waals surface area contributed by atoms with Gasteiger partial charge in [-0.2, -0.15) is 0 Å². The molecule has 3 heterocycles. The summed E-state index contributed by atoms with van der Waals surface area (Å²) in [6, 6.07) is 72.1. The smallest absolute Gasteiger partial charge is 0.136 e. The van der Waals surface area contributed by atoms with Crippen LogP contribution in [0.15, 0.2) is 217 Å². The van der Waals surface area contributed by atoms with Crippen LogP contribution in [0.25, 0.3) is 100 Å². The van der Waals surface area contributed by atoms with Gasteiger partial charge in [0.15, 0.2) is 0 Å². The predicted molar refractivity (Wildman–Crippen MR) is 267 cm³/mol. The zero-order valence-electron chi connectivity index (χ0n) is 34.7. The van der Waals surface area contributed by atoms with Crippen molar-refractivity contribution < 1.29 is 4.42 Å². The lowest BCUT2D eigenvalue weighted by atomic mass is 9.99. The van der Waals surface area contributed by atoms with E-state index in [0.29, 0.717) is 0 Å². The van der Waals surface area contributed by atoms with Crippen LogP contribution in [-0.2, 0) is 0 Å². The molecule has 0 aliphatic heterocycles. The molecule has 298 valence electrons. The van der Waals surface area contributed by atoms with E-state index in [4.69, 9.17) is 4.42 Å². The summed E-state index contributed by atoms with van der Waals surface area (Å²) in [7, 11) is 0. The number of aromatic nitrogens is 2. The zero-order valence-corrected chi connectivity index (χ0v) is 34.7. The Morgan fingerprint density at radius 3 is 1.90 bits per heavy atom. The van der Waals surface area contributed by atoms with Crippen molar-refractivity contribution >= 4 is 94.6 Å². The predicted octanol–water partition coefficient (Wildman–Crippen LogP) is 14.7. The molecule has 0 unspecified atom stereocenters. The molecule has 0 radical (unpaired) electrons. The molecule has 0 saturated carbocycles. The highest BCUT2D eigenvalue weighted by atomic mass is 16.3. The van der Waals surface area contributed by atoms with Crippen LogP contribution in [-0.4, -0.2) is 9.13 Å². The summed E-state index contributed by atoms with van der Waals surface area (Å²) in [6.45, 7) is 6.17. The average Bonchev–Trinajstić information content (AvgIpc) is 3.99. The first kappa shape index (κ1) is 36.5. The SMILES string of the molecule is C=C/C=c1\c(=C/C)n(-c2ccccc2)c2cc(N(c3ccccc3)c3cccc(-c4ccc5c(c4)c4cc6c(ccc7oc8ccccc8c76)cc4n5-c4ccccc4)c3)ccc12. The molecule has 0 spiro atoms. The van der Waals surface area contributed by atoms with Gasteiger partial charge in [-0.25, -0.2) is 0 Å². The normalized spacial score (nSPS) is 12.5. The summed E-state index contributed by atoms with van der Waals surface area (Å²) in [6.07, 6.45) is 6.19. The molecule has 12 rings (SSSR count). The minimum absolute atomic E-state index is 0.905. The van der Waals surface area contributed by atoms with E-state index in [9.17, 15) is 0 Å². The molecule has 3 aromatic heterocycles. The van der Waals surface area contributed by atoms with Gasteiger partial charge < -0.3 is 18.5 Å². The highest BCUT2D eigenvalue weighted by Crippen LogP contribution is 2.42. The van der Waals surface area contributed by atoms with Crippen LogP contribution in [0.4, 0.5) is 17.1 Å². The van der Waals surface area contributed by atoms with Crippen molar-refractivity contribution in [2.24, 2.45) is 0 Å². The van der Waals surface area contributed by atoms with Crippen LogP contribution in [0.5, 0.6) is 0 Å². The maximum atomic E-state index is 6.36. The number of allylic oxidation sites excluding steroid dienone is 1. The Balaban J connectivity index is 1.06. The number of hydrogen-bond donors (Lipinski definition) is 0. The van der Waals surface area contributed by atoms with Crippen LogP contribution in [0.2, 0.25) is 0 Å². The lowest BCUT2D eigenvalue weighted by Crippen LogP contribution is -2.27. The second-order valence-electron chi connectivity index (χ2n) is 16.1. The summed E-state index contributed by atoms with van der Waals surface area (Å²) >= 11 is 0. The van der Waals surface area contributed by atoms with Crippen LogP contribution >= 0.6 is 0 Å². The third-order valence-corrected chi connectivity index (χ3v) is 12.6. The Hall–Kier alpha value is -8.34. The molecule has 0 bridgehead atoms. The third kappa shape index (κ3) is 5.84. The zero-order chi connectivity index (χ0) is 42.0. The molecular weight excluding hydrogens is 767 g/mol. The minimum Gasteiger partial charge on any atom is -0.456 e. The molecule has 4 heteroatoms. The fourth-order valence-corrected chi connectivity index (χ4v) is 9.84. The lowest BCUT2D eigenvalue weighted by molar-refractivity contribution is 0.669. The Bertz CT molecular complexity index is 3870. The first-order valence-corrected chi connectivity index (χ1v) is 21.5. The first-order chi connectivity index (χ1) is 31.2. The molecule has 0 N–H and O–H groups in total. The van der Waals surface area contributed by atoms with Gasteiger partial charge in [0.2, 0.25) is 0 Å². The van der Waals surface area contributed by atoms with Crippen LogP contribution in [0.1, 0.15) is 6.92 Å². The first-order valence-electron chi connectivity index (χ1n) is 21.5.